The smallest absolute Gasteiger partial charge is 0.328 e. The number of methoxy groups -OCH3 is 4. The Hall–Kier alpha value is -9.46. The average molecular weight is 1180 g/mol. The van der Waals surface area contributed by atoms with Crippen molar-refractivity contribution in [2.24, 2.45) is 5.73 Å². The quantitative estimate of drug-likeness (QED) is 0.0464. The molecule has 0 saturated carbocycles. The number of rotatable bonds is 25. The molecule has 0 atom stereocenters. The molecule has 0 fully saturated rings. The maximum atomic E-state index is 12.8. The third-order valence-corrected chi connectivity index (χ3v) is 13.7. The van der Waals surface area contributed by atoms with Crippen LogP contribution in [0.3, 0.4) is 0 Å². The first-order valence-electron chi connectivity index (χ1n) is 28.9. The molecular formula is C74H84N2O11. The molecule has 0 aliphatic rings. The van der Waals surface area contributed by atoms with Crippen LogP contribution in [0.5, 0.6) is 46.0 Å². The van der Waals surface area contributed by atoms with Crippen LogP contribution >= 0.6 is 0 Å². The van der Waals surface area contributed by atoms with Crippen LogP contribution in [0.15, 0.2) is 194 Å². The zero-order valence-electron chi connectivity index (χ0n) is 51.9. The van der Waals surface area contributed by atoms with E-state index >= 15 is 0 Å². The van der Waals surface area contributed by atoms with E-state index in [1.54, 1.807) is 40.6 Å². The molecule has 13 nitrogen and oxygen atoms in total. The summed E-state index contributed by atoms with van der Waals surface area (Å²) in [5.41, 5.74) is 15.5. The van der Waals surface area contributed by atoms with E-state index in [2.05, 4.69) is 46.9 Å². The number of benzene rings is 8. The fraction of sp³-hybridized carbons (Fsp3) is 0.270. The SMILES string of the molecule is COc1cc(C(C)(C)C)c(/C=C/C(=O)O)cc1OCc1ccccc1.COc1ccc(CCN)cc1OCc1ccccc1.COc1ccc(CCNC(=O)/C=C/c2cc(OCc3ccccc3)c(OC)cc2C(C)(C)C)cc1OCc1ccccc1. The lowest BCUT2D eigenvalue weighted by Gasteiger charge is -2.24. The Bertz CT molecular complexity index is 3460. The molecule has 8 aromatic carbocycles. The van der Waals surface area contributed by atoms with Gasteiger partial charge in [-0.1, -0.05) is 175 Å². The van der Waals surface area contributed by atoms with Gasteiger partial charge in [0.05, 0.1) is 28.4 Å². The first kappa shape index (κ1) is 66.7. The van der Waals surface area contributed by atoms with E-state index in [0.29, 0.717) is 80.4 Å². The number of nitrogens with one attached hydrogen (secondary N) is 1. The van der Waals surface area contributed by atoms with Gasteiger partial charge in [-0.3, -0.25) is 4.79 Å². The fourth-order valence-corrected chi connectivity index (χ4v) is 9.07. The van der Waals surface area contributed by atoms with Crippen molar-refractivity contribution < 1.29 is 52.6 Å². The molecule has 0 saturated heterocycles. The highest BCUT2D eigenvalue weighted by molar-refractivity contribution is 5.92. The van der Waals surface area contributed by atoms with E-state index < -0.39 is 5.97 Å². The summed E-state index contributed by atoms with van der Waals surface area (Å²) < 4.78 is 45.9. The summed E-state index contributed by atoms with van der Waals surface area (Å²) in [7, 11) is 6.52. The molecule has 4 N–H and O–H groups in total. The van der Waals surface area contributed by atoms with Crippen molar-refractivity contribution in [3.05, 3.63) is 250 Å². The van der Waals surface area contributed by atoms with Crippen molar-refractivity contribution in [3.8, 4) is 46.0 Å². The van der Waals surface area contributed by atoms with Crippen molar-refractivity contribution in [1.82, 2.24) is 5.32 Å². The number of hydrogen-bond donors (Lipinski definition) is 3. The molecule has 1 amide bonds. The zero-order valence-corrected chi connectivity index (χ0v) is 51.9. The van der Waals surface area contributed by atoms with E-state index in [1.807, 2.05) is 188 Å². The Labute approximate surface area is 514 Å². The number of ether oxygens (including phenoxy) is 8. The first-order chi connectivity index (χ1) is 41.9. The number of nitrogens with two attached hydrogens (primary N) is 1. The maximum absolute atomic E-state index is 12.8. The second kappa shape index (κ2) is 33.9. The van der Waals surface area contributed by atoms with Crippen molar-refractivity contribution in [1.29, 1.82) is 0 Å². The Morgan fingerprint density at radius 1 is 0.414 bits per heavy atom. The van der Waals surface area contributed by atoms with Gasteiger partial charge in [0.1, 0.15) is 26.4 Å². The van der Waals surface area contributed by atoms with Crippen LogP contribution in [-0.4, -0.2) is 58.5 Å². The molecule has 0 heterocycles. The Morgan fingerprint density at radius 3 is 1.07 bits per heavy atom. The van der Waals surface area contributed by atoms with Crippen LogP contribution in [0.25, 0.3) is 12.2 Å². The van der Waals surface area contributed by atoms with Gasteiger partial charge in [0, 0.05) is 18.7 Å². The summed E-state index contributed by atoms with van der Waals surface area (Å²) in [5, 5.41) is 11.9. The first-order valence-corrected chi connectivity index (χ1v) is 28.9. The number of amides is 1. The van der Waals surface area contributed by atoms with Gasteiger partial charge in [-0.05, 0) is 147 Å². The number of carbonyl (C=O) groups is 2. The number of carboxylic acids is 1. The number of aliphatic carboxylic acids is 1. The second-order valence-corrected chi connectivity index (χ2v) is 22.3. The summed E-state index contributed by atoms with van der Waals surface area (Å²) in [6.07, 6.45) is 7.63. The largest absolute Gasteiger partial charge is 0.493 e. The van der Waals surface area contributed by atoms with Gasteiger partial charge in [0.2, 0.25) is 5.91 Å². The molecule has 13 heteroatoms. The Kier molecular flexibility index (Phi) is 26.0. The molecule has 8 aromatic rings. The third-order valence-electron chi connectivity index (χ3n) is 13.7. The van der Waals surface area contributed by atoms with E-state index in [-0.39, 0.29) is 16.7 Å². The van der Waals surface area contributed by atoms with Gasteiger partial charge in [-0.15, -0.1) is 0 Å². The third kappa shape index (κ3) is 21.8. The standard InChI is InChI=1S/C37H41NO5.C21H24O4.C16H19NO2/c1-37(2,3)31-24-33(41-5)35(43-26-29-14-10-7-11-15-29)23-30(31)17-19-36(39)38-21-20-27-16-18-32(40-4)34(22-27)42-25-28-12-8-6-9-13-28;1-21(2,3)17-13-18(24-4)19(12-16(17)10-11-20(22)23)25-14-15-8-6-5-7-9-15;1-18-15-8-7-13(9-10-17)11-16(15)19-12-14-5-3-2-4-6-14/h6-19,22-24H,20-21,25-26H2,1-5H3,(H,38,39);5-13H,14H2,1-4H3,(H,22,23);2-8,11H,9-10,12,17H2,1H3/b19-17+;11-10+;. The van der Waals surface area contributed by atoms with Crippen molar-refractivity contribution in [2.45, 2.75) is 91.6 Å². The highest BCUT2D eigenvalue weighted by atomic mass is 16.5. The fourth-order valence-electron chi connectivity index (χ4n) is 9.07. The minimum absolute atomic E-state index is 0.163. The molecular weight excluding hydrogens is 1090 g/mol. The molecule has 0 radical (unpaired) electrons. The number of hydrogen-bond acceptors (Lipinski definition) is 11. The molecule has 0 unspecified atom stereocenters. The zero-order chi connectivity index (χ0) is 62.6. The molecule has 8 rings (SSSR count). The van der Waals surface area contributed by atoms with Crippen LogP contribution in [0.4, 0.5) is 0 Å². The normalized spacial score (nSPS) is 11.1. The lowest BCUT2D eigenvalue weighted by molar-refractivity contribution is -0.131. The summed E-state index contributed by atoms with van der Waals surface area (Å²) in [5.74, 6) is 4.21. The second-order valence-electron chi connectivity index (χ2n) is 22.3. The highest BCUT2D eigenvalue weighted by Crippen LogP contribution is 2.39. The summed E-state index contributed by atoms with van der Waals surface area (Å²) >= 11 is 0. The van der Waals surface area contributed by atoms with E-state index in [9.17, 15) is 9.59 Å². The molecule has 0 aromatic heterocycles. The van der Waals surface area contributed by atoms with Crippen molar-refractivity contribution in [2.75, 3.05) is 41.5 Å². The monoisotopic (exact) mass is 1180 g/mol. The molecule has 0 aliphatic carbocycles. The van der Waals surface area contributed by atoms with Crippen molar-refractivity contribution >= 4 is 24.0 Å². The lowest BCUT2D eigenvalue weighted by Crippen LogP contribution is -2.23. The number of carboxylic acid groups (broad SMARTS) is 1. The summed E-state index contributed by atoms with van der Waals surface area (Å²) in [6.45, 7) is 15.5. The van der Waals surface area contributed by atoms with Crippen molar-refractivity contribution in [3.63, 3.8) is 0 Å². The average Bonchev–Trinajstić information content (AvgIpc) is 1.83. The maximum Gasteiger partial charge on any atom is 0.328 e. The van der Waals surface area contributed by atoms with Crippen LogP contribution in [0.1, 0.15) is 97.2 Å². The van der Waals surface area contributed by atoms with Crippen LogP contribution in [0.2, 0.25) is 0 Å². The summed E-state index contributed by atoms with van der Waals surface area (Å²) in [4.78, 5) is 23.7. The predicted octanol–water partition coefficient (Wildman–Crippen LogP) is 15.0. The van der Waals surface area contributed by atoms with Crippen LogP contribution in [-0.2, 0) is 59.7 Å². The van der Waals surface area contributed by atoms with Crippen LogP contribution < -0.4 is 48.9 Å². The van der Waals surface area contributed by atoms with Gasteiger partial charge < -0.3 is 54.1 Å². The van der Waals surface area contributed by atoms with E-state index in [1.165, 1.54) is 0 Å². The van der Waals surface area contributed by atoms with Gasteiger partial charge >= 0.3 is 5.97 Å². The molecule has 87 heavy (non-hydrogen) atoms. The highest BCUT2D eigenvalue weighted by Gasteiger charge is 2.23. The molecule has 0 bridgehead atoms. The molecule has 0 aliphatic heterocycles. The molecule has 456 valence electrons. The van der Waals surface area contributed by atoms with Gasteiger partial charge in [-0.2, -0.15) is 0 Å². The molecule has 0 spiro atoms. The lowest BCUT2D eigenvalue weighted by atomic mass is 9.83. The van der Waals surface area contributed by atoms with E-state index in [0.717, 1.165) is 79.6 Å². The van der Waals surface area contributed by atoms with E-state index in [4.69, 9.17) is 48.7 Å². The summed E-state index contributed by atoms with van der Waals surface area (Å²) in [6, 6.07) is 59.4. The van der Waals surface area contributed by atoms with Gasteiger partial charge in [0.25, 0.3) is 0 Å². The van der Waals surface area contributed by atoms with Gasteiger partial charge in [0.15, 0.2) is 46.0 Å². The number of carbonyl (C=O) groups excluding carboxylic acids is 1. The predicted molar refractivity (Wildman–Crippen MR) is 348 cm³/mol. The minimum atomic E-state index is -0.984. The van der Waals surface area contributed by atoms with Crippen LogP contribution in [0, 0.1) is 0 Å². The van der Waals surface area contributed by atoms with Gasteiger partial charge in [-0.25, -0.2) is 4.79 Å². The Balaban J connectivity index is 0.000000231. The Morgan fingerprint density at radius 2 is 0.747 bits per heavy atom. The topological polar surface area (TPSA) is 166 Å². The minimum Gasteiger partial charge on any atom is -0.493 e.